The second-order valence-corrected chi connectivity index (χ2v) is 5.01. The van der Waals surface area contributed by atoms with Gasteiger partial charge >= 0.3 is 5.97 Å². The van der Waals surface area contributed by atoms with Gasteiger partial charge in [-0.1, -0.05) is 11.8 Å². The van der Waals surface area contributed by atoms with Crippen molar-refractivity contribution in [3.8, 4) is 6.07 Å². The van der Waals surface area contributed by atoms with Gasteiger partial charge < -0.3 is 9.64 Å². The molecule has 0 N–H and O–H groups in total. The SMILES string of the molecule is CCOC(=O)CSC1=N[C@H]2CCCN2C=C1C#N. The number of ether oxygens (including phenoxy) is 1. The lowest BCUT2D eigenvalue weighted by atomic mass is 10.3. The van der Waals surface area contributed by atoms with Crippen LogP contribution in [0.15, 0.2) is 16.8 Å². The van der Waals surface area contributed by atoms with Crippen molar-refractivity contribution in [2.75, 3.05) is 18.9 Å². The molecule has 2 aliphatic rings. The number of rotatable bonds is 3. The highest BCUT2D eigenvalue weighted by Crippen LogP contribution is 2.27. The zero-order valence-electron chi connectivity index (χ0n) is 10.3. The topological polar surface area (TPSA) is 65.7 Å². The van der Waals surface area contributed by atoms with Gasteiger partial charge in [-0.2, -0.15) is 5.26 Å². The lowest BCUT2D eigenvalue weighted by molar-refractivity contribution is -0.139. The Morgan fingerprint density at radius 3 is 3.33 bits per heavy atom. The summed E-state index contributed by atoms with van der Waals surface area (Å²) >= 11 is 1.29. The molecular weight excluding hydrogens is 250 g/mol. The number of carbonyl (C=O) groups excluding carboxylic acids is 1. The van der Waals surface area contributed by atoms with Crippen molar-refractivity contribution in [1.82, 2.24) is 4.90 Å². The normalized spacial score (nSPS) is 21.8. The number of nitriles is 1. The number of esters is 1. The monoisotopic (exact) mass is 265 g/mol. The van der Waals surface area contributed by atoms with Crippen LogP contribution in [0, 0.1) is 11.3 Å². The van der Waals surface area contributed by atoms with Gasteiger partial charge in [0.25, 0.3) is 0 Å². The highest BCUT2D eigenvalue weighted by molar-refractivity contribution is 8.15. The summed E-state index contributed by atoms with van der Waals surface area (Å²) in [5.41, 5.74) is 0.544. The Bertz CT molecular complexity index is 439. The molecule has 2 rings (SSSR count). The minimum atomic E-state index is -0.267. The van der Waals surface area contributed by atoms with E-state index in [0.29, 0.717) is 17.2 Å². The van der Waals surface area contributed by atoms with Crippen LogP contribution in [-0.2, 0) is 9.53 Å². The maximum atomic E-state index is 11.3. The molecule has 0 aromatic rings. The molecule has 0 unspecified atom stereocenters. The molecule has 0 aromatic heterocycles. The molecule has 1 saturated heterocycles. The quantitative estimate of drug-likeness (QED) is 0.724. The molecule has 0 radical (unpaired) electrons. The predicted octanol–water partition coefficient (Wildman–Crippen LogP) is 1.52. The van der Waals surface area contributed by atoms with Gasteiger partial charge in [0.2, 0.25) is 0 Å². The van der Waals surface area contributed by atoms with Gasteiger partial charge in [0.15, 0.2) is 0 Å². The molecule has 2 aliphatic heterocycles. The van der Waals surface area contributed by atoms with Crippen LogP contribution in [0.2, 0.25) is 0 Å². The van der Waals surface area contributed by atoms with Crippen molar-refractivity contribution in [2.45, 2.75) is 25.9 Å². The number of nitrogens with zero attached hydrogens (tertiary/aromatic N) is 3. The van der Waals surface area contributed by atoms with E-state index in [-0.39, 0.29) is 17.9 Å². The first-order valence-corrected chi connectivity index (χ1v) is 6.97. The number of fused-ring (bicyclic) bond motifs is 1. The summed E-state index contributed by atoms with van der Waals surface area (Å²) in [5.74, 6) is -0.0605. The van der Waals surface area contributed by atoms with E-state index in [1.807, 2.05) is 6.20 Å². The molecule has 2 heterocycles. The lowest BCUT2D eigenvalue weighted by Gasteiger charge is -2.25. The van der Waals surface area contributed by atoms with Crippen molar-refractivity contribution >= 4 is 22.8 Å². The first kappa shape index (κ1) is 13.0. The average molecular weight is 265 g/mol. The van der Waals surface area contributed by atoms with Crippen LogP contribution in [0.5, 0.6) is 0 Å². The largest absolute Gasteiger partial charge is 0.465 e. The van der Waals surface area contributed by atoms with Crippen LogP contribution in [0.3, 0.4) is 0 Å². The molecule has 0 aliphatic carbocycles. The average Bonchev–Trinajstić information content (AvgIpc) is 2.82. The summed E-state index contributed by atoms with van der Waals surface area (Å²) < 4.78 is 4.86. The highest BCUT2D eigenvalue weighted by atomic mass is 32.2. The van der Waals surface area contributed by atoms with Crippen molar-refractivity contribution < 1.29 is 9.53 Å². The first-order chi connectivity index (χ1) is 8.74. The molecule has 0 spiro atoms. The molecule has 1 atom stereocenters. The minimum Gasteiger partial charge on any atom is -0.465 e. The Labute approximate surface area is 110 Å². The van der Waals surface area contributed by atoms with Crippen LogP contribution in [0.25, 0.3) is 0 Å². The second-order valence-electron chi connectivity index (χ2n) is 4.04. The maximum absolute atomic E-state index is 11.3. The first-order valence-electron chi connectivity index (χ1n) is 5.99. The van der Waals surface area contributed by atoms with E-state index in [4.69, 9.17) is 10.00 Å². The van der Waals surface area contributed by atoms with Crippen LogP contribution < -0.4 is 0 Å². The summed E-state index contributed by atoms with van der Waals surface area (Å²) in [7, 11) is 0. The summed E-state index contributed by atoms with van der Waals surface area (Å²) in [6.07, 6.45) is 4.11. The van der Waals surface area contributed by atoms with Crippen molar-refractivity contribution in [2.24, 2.45) is 4.99 Å². The summed E-state index contributed by atoms with van der Waals surface area (Å²) in [6, 6.07) is 2.14. The van der Waals surface area contributed by atoms with E-state index in [2.05, 4.69) is 16.0 Å². The molecule has 0 saturated carbocycles. The highest BCUT2D eigenvalue weighted by Gasteiger charge is 2.27. The van der Waals surface area contributed by atoms with Crippen molar-refractivity contribution in [3.63, 3.8) is 0 Å². The lowest BCUT2D eigenvalue weighted by Crippen LogP contribution is -2.28. The number of thioether (sulfide) groups is 1. The molecule has 0 bridgehead atoms. The van der Waals surface area contributed by atoms with E-state index >= 15 is 0 Å². The third-order valence-corrected chi connectivity index (χ3v) is 3.78. The summed E-state index contributed by atoms with van der Waals surface area (Å²) in [5, 5.41) is 9.76. The second kappa shape index (κ2) is 5.91. The van der Waals surface area contributed by atoms with E-state index in [1.165, 1.54) is 11.8 Å². The van der Waals surface area contributed by atoms with E-state index < -0.39 is 0 Å². The van der Waals surface area contributed by atoms with Crippen LogP contribution in [0.4, 0.5) is 0 Å². The summed E-state index contributed by atoms with van der Waals surface area (Å²) in [6.45, 7) is 3.11. The smallest absolute Gasteiger partial charge is 0.316 e. The van der Waals surface area contributed by atoms with Gasteiger partial charge in [0.1, 0.15) is 17.3 Å². The fraction of sp³-hybridized carbons (Fsp3) is 0.583. The van der Waals surface area contributed by atoms with Gasteiger partial charge in [0, 0.05) is 12.7 Å². The third-order valence-electron chi connectivity index (χ3n) is 2.81. The Morgan fingerprint density at radius 1 is 1.78 bits per heavy atom. The Balaban J connectivity index is 2.00. The molecule has 18 heavy (non-hydrogen) atoms. The Morgan fingerprint density at radius 2 is 2.61 bits per heavy atom. The molecule has 1 fully saturated rings. The number of hydrogen-bond donors (Lipinski definition) is 0. The van der Waals surface area contributed by atoms with Crippen LogP contribution in [0.1, 0.15) is 19.8 Å². The fourth-order valence-electron chi connectivity index (χ4n) is 2.01. The molecule has 0 amide bonds. The van der Waals surface area contributed by atoms with Gasteiger partial charge in [-0.15, -0.1) is 0 Å². The van der Waals surface area contributed by atoms with Gasteiger partial charge in [0.05, 0.1) is 17.9 Å². The van der Waals surface area contributed by atoms with Crippen LogP contribution in [-0.4, -0.2) is 41.0 Å². The van der Waals surface area contributed by atoms with E-state index in [9.17, 15) is 4.79 Å². The molecule has 96 valence electrons. The van der Waals surface area contributed by atoms with E-state index in [1.54, 1.807) is 6.92 Å². The van der Waals surface area contributed by atoms with Crippen molar-refractivity contribution in [1.29, 1.82) is 5.26 Å². The number of hydrogen-bond acceptors (Lipinski definition) is 6. The zero-order chi connectivity index (χ0) is 13.0. The maximum Gasteiger partial charge on any atom is 0.316 e. The number of carbonyl (C=O) groups is 1. The zero-order valence-corrected chi connectivity index (χ0v) is 11.1. The fourth-order valence-corrected chi connectivity index (χ4v) is 2.80. The van der Waals surface area contributed by atoms with E-state index in [0.717, 1.165) is 19.4 Å². The summed E-state index contributed by atoms with van der Waals surface area (Å²) in [4.78, 5) is 17.9. The Kier molecular flexibility index (Phi) is 4.26. The molecule has 5 nitrogen and oxygen atoms in total. The Hall–Kier alpha value is -1.48. The van der Waals surface area contributed by atoms with Crippen LogP contribution >= 0.6 is 11.8 Å². The van der Waals surface area contributed by atoms with Gasteiger partial charge in [-0.25, -0.2) is 0 Å². The molecule has 0 aromatic carbocycles. The number of aliphatic imine (C=N–C) groups is 1. The predicted molar refractivity (Wildman–Crippen MR) is 70.0 cm³/mol. The molecular formula is C12H15N3O2S. The minimum absolute atomic E-state index is 0.145. The van der Waals surface area contributed by atoms with Crippen molar-refractivity contribution in [3.05, 3.63) is 11.8 Å². The van der Waals surface area contributed by atoms with Gasteiger partial charge in [-0.3, -0.25) is 9.79 Å². The molecule has 6 heteroatoms. The van der Waals surface area contributed by atoms with Gasteiger partial charge in [-0.05, 0) is 19.8 Å². The third kappa shape index (κ3) is 2.85. The standard InChI is InChI=1S/C12H15N3O2S/c1-2-17-11(16)8-18-12-9(6-13)7-15-5-3-4-10(15)14-12/h7,10H,2-5,8H2,1H3/t10-/m1/s1.